The van der Waals surface area contributed by atoms with E-state index < -0.39 is 6.10 Å². The maximum Gasteiger partial charge on any atom is 0.306 e. The number of ether oxygens (including phenoxy) is 3. The SMILES string of the molecule is CC/C=C\C/C=C\C/C=C\C/C=C\C/C=C\CCCCCCCCCC(=O)OC(COC(=O)CCCCCCC)COC(=O)CCCCCCCCCCCCCCCCC/C=C\CCCCCCCCCC. The summed E-state index contributed by atoms with van der Waals surface area (Å²) in [6, 6.07) is 0. The molecule has 0 aliphatic rings. The molecule has 0 amide bonds. The van der Waals surface area contributed by atoms with E-state index in [0.717, 1.165) is 103 Å². The molecule has 0 saturated carbocycles. The Morgan fingerprint density at radius 2 is 0.534 bits per heavy atom. The van der Waals surface area contributed by atoms with E-state index in [1.165, 1.54) is 173 Å². The highest BCUT2D eigenvalue weighted by atomic mass is 16.6. The molecule has 73 heavy (non-hydrogen) atoms. The minimum atomic E-state index is -0.778. The molecule has 0 heterocycles. The van der Waals surface area contributed by atoms with Crippen LogP contribution < -0.4 is 0 Å². The average molecular weight is 1020 g/mol. The largest absolute Gasteiger partial charge is 0.462 e. The Bertz CT molecular complexity index is 1360. The summed E-state index contributed by atoms with van der Waals surface area (Å²) in [5, 5.41) is 0. The van der Waals surface area contributed by atoms with Gasteiger partial charge in [0, 0.05) is 19.3 Å². The molecule has 422 valence electrons. The molecular formula is C67H118O6. The molecule has 6 heteroatoms. The van der Waals surface area contributed by atoms with Crippen molar-refractivity contribution in [2.24, 2.45) is 0 Å². The first-order valence-electron chi connectivity index (χ1n) is 31.4. The van der Waals surface area contributed by atoms with Gasteiger partial charge in [0.25, 0.3) is 0 Å². The first-order valence-corrected chi connectivity index (χ1v) is 31.4. The normalized spacial score (nSPS) is 12.5. The van der Waals surface area contributed by atoms with Crippen molar-refractivity contribution in [2.75, 3.05) is 13.2 Å². The fourth-order valence-corrected chi connectivity index (χ4v) is 9.00. The van der Waals surface area contributed by atoms with Crippen LogP contribution in [0.3, 0.4) is 0 Å². The van der Waals surface area contributed by atoms with Crippen molar-refractivity contribution in [3.8, 4) is 0 Å². The summed E-state index contributed by atoms with van der Waals surface area (Å²) < 4.78 is 16.8. The van der Waals surface area contributed by atoms with Crippen molar-refractivity contribution in [1.82, 2.24) is 0 Å². The molecule has 0 aromatic rings. The van der Waals surface area contributed by atoms with Gasteiger partial charge in [0.2, 0.25) is 0 Å². The van der Waals surface area contributed by atoms with Crippen molar-refractivity contribution in [1.29, 1.82) is 0 Å². The number of allylic oxidation sites excluding steroid dienone is 12. The van der Waals surface area contributed by atoms with Gasteiger partial charge < -0.3 is 14.2 Å². The summed E-state index contributed by atoms with van der Waals surface area (Å²) in [6.45, 7) is 6.46. The monoisotopic (exact) mass is 1020 g/mol. The van der Waals surface area contributed by atoms with E-state index in [9.17, 15) is 14.4 Å². The first-order chi connectivity index (χ1) is 36.0. The minimum absolute atomic E-state index is 0.0781. The number of rotatable bonds is 57. The minimum Gasteiger partial charge on any atom is -0.462 e. The van der Waals surface area contributed by atoms with Crippen LogP contribution in [0.2, 0.25) is 0 Å². The quantitative estimate of drug-likeness (QED) is 0.0261. The Hall–Kier alpha value is -3.15. The molecule has 0 aliphatic heterocycles. The molecule has 0 aromatic carbocycles. The zero-order valence-electron chi connectivity index (χ0n) is 48.4. The van der Waals surface area contributed by atoms with Crippen LogP contribution in [-0.4, -0.2) is 37.2 Å². The fourth-order valence-electron chi connectivity index (χ4n) is 9.00. The van der Waals surface area contributed by atoms with Crippen molar-refractivity contribution in [2.45, 2.75) is 322 Å². The van der Waals surface area contributed by atoms with Crippen LogP contribution in [0.5, 0.6) is 0 Å². The summed E-state index contributed by atoms with van der Waals surface area (Å²) in [7, 11) is 0. The zero-order valence-corrected chi connectivity index (χ0v) is 48.4. The van der Waals surface area contributed by atoms with Gasteiger partial charge in [0.05, 0.1) is 0 Å². The Labute approximate surface area is 453 Å². The van der Waals surface area contributed by atoms with Crippen LogP contribution >= 0.6 is 0 Å². The van der Waals surface area contributed by atoms with Crippen LogP contribution in [0.1, 0.15) is 316 Å². The summed E-state index contributed by atoms with van der Waals surface area (Å²) in [4.78, 5) is 37.9. The van der Waals surface area contributed by atoms with Crippen LogP contribution in [0.25, 0.3) is 0 Å². The highest BCUT2D eigenvalue weighted by Crippen LogP contribution is 2.17. The number of hydrogen-bond donors (Lipinski definition) is 0. The maximum atomic E-state index is 12.8. The van der Waals surface area contributed by atoms with E-state index in [1.807, 2.05) is 0 Å². The van der Waals surface area contributed by atoms with Crippen molar-refractivity contribution >= 4 is 17.9 Å². The number of hydrogen-bond acceptors (Lipinski definition) is 6. The lowest BCUT2D eigenvalue weighted by Gasteiger charge is -2.18. The number of carbonyl (C=O) groups is 3. The molecule has 6 nitrogen and oxygen atoms in total. The molecule has 0 aliphatic carbocycles. The molecule has 1 unspecified atom stereocenters. The number of carbonyl (C=O) groups excluding carboxylic acids is 3. The number of esters is 3. The topological polar surface area (TPSA) is 78.9 Å². The van der Waals surface area contributed by atoms with Gasteiger partial charge in [-0.1, -0.05) is 280 Å². The first kappa shape index (κ1) is 69.8. The molecule has 0 aromatic heterocycles. The smallest absolute Gasteiger partial charge is 0.306 e. The third-order valence-corrected chi connectivity index (χ3v) is 13.7. The van der Waals surface area contributed by atoms with Crippen LogP contribution in [0, 0.1) is 0 Å². The van der Waals surface area contributed by atoms with Gasteiger partial charge in [-0.25, -0.2) is 0 Å². The summed E-state index contributed by atoms with van der Waals surface area (Å²) in [5.74, 6) is -0.892. The van der Waals surface area contributed by atoms with E-state index >= 15 is 0 Å². The zero-order chi connectivity index (χ0) is 52.9. The molecule has 1 atom stereocenters. The van der Waals surface area contributed by atoms with Gasteiger partial charge in [0.15, 0.2) is 6.10 Å². The third-order valence-electron chi connectivity index (χ3n) is 13.7. The third kappa shape index (κ3) is 59.6. The van der Waals surface area contributed by atoms with E-state index in [4.69, 9.17) is 14.2 Å². The molecule has 0 radical (unpaired) electrons. The Kier molecular flexibility index (Phi) is 58.7. The van der Waals surface area contributed by atoms with Gasteiger partial charge >= 0.3 is 17.9 Å². The second-order valence-corrected chi connectivity index (χ2v) is 20.9. The maximum absolute atomic E-state index is 12.8. The predicted molar refractivity (Wildman–Crippen MR) is 316 cm³/mol. The van der Waals surface area contributed by atoms with Crippen LogP contribution in [0.15, 0.2) is 72.9 Å². The van der Waals surface area contributed by atoms with E-state index in [0.29, 0.717) is 19.3 Å². The summed E-state index contributed by atoms with van der Waals surface area (Å²) >= 11 is 0. The van der Waals surface area contributed by atoms with Gasteiger partial charge in [-0.15, -0.1) is 0 Å². The average Bonchev–Trinajstić information content (AvgIpc) is 3.39. The Balaban J connectivity index is 4.04. The number of unbranched alkanes of at least 4 members (excludes halogenated alkanes) is 34. The van der Waals surface area contributed by atoms with Crippen molar-refractivity contribution < 1.29 is 28.6 Å². The predicted octanol–water partition coefficient (Wildman–Crippen LogP) is 21.3. The van der Waals surface area contributed by atoms with Gasteiger partial charge in [-0.05, 0) is 89.9 Å². The van der Waals surface area contributed by atoms with Gasteiger partial charge in [-0.3, -0.25) is 14.4 Å². The molecular weight excluding hydrogens is 901 g/mol. The molecule has 0 rings (SSSR count). The molecule has 0 spiro atoms. The van der Waals surface area contributed by atoms with Gasteiger partial charge in [0.1, 0.15) is 13.2 Å². The highest BCUT2D eigenvalue weighted by Gasteiger charge is 2.19. The lowest BCUT2D eigenvalue weighted by molar-refractivity contribution is -0.167. The summed E-state index contributed by atoms with van der Waals surface area (Å²) in [5.41, 5.74) is 0. The van der Waals surface area contributed by atoms with E-state index in [1.54, 1.807) is 0 Å². The molecule has 0 fully saturated rings. The lowest BCUT2D eigenvalue weighted by atomic mass is 10.0. The fraction of sp³-hybridized carbons (Fsp3) is 0.776. The van der Waals surface area contributed by atoms with Crippen LogP contribution in [-0.2, 0) is 28.6 Å². The van der Waals surface area contributed by atoms with Gasteiger partial charge in [-0.2, -0.15) is 0 Å². The highest BCUT2D eigenvalue weighted by molar-refractivity contribution is 5.71. The lowest BCUT2D eigenvalue weighted by Crippen LogP contribution is -2.30. The van der Waals surface area contributed by atoms with Crippen LogP contribution in [0.4, 0.5) is 0 Å². The Morgan fingerprint density at radius 1 is 0.288 bits per heavy atom. The second-order valence-electron chi connectivity index (χ2n) is 20.9. The van der Waals surface area contributed by atoms with Crippen molar-refractivity contribution in [3.05, 3.63) is 72.9 Å². The summed E-state index contributed by atoms with van der Waals surface area (Å²) in [6.07, 6.45) is 79.6. The second kappa shape index (κ2) is 61.4. The van der Waals surface area contributed by atoms with Crippen molar-refractivity contribution in [3.63, 3.8) is 0 Å². The standard InChI is InChI=1S/C67H118O6/c1-4-7-10-13-15-17-19-21-23-25-27-29-31-32-33-34-36-37-39-41-43-45-47-49-51-54-57-60-66(69)72-63-64(62-71-65(68)59-56-53-12-9-6-3)73-67(70)61-58-55-52-50-48-46-44-42-40-38-35-30-28-26-24-22-20-18-16-14-11-8-5-2/h8,11,16,18,22,24-25,27-28,30,38,40,64H,4-7,9-10,12-15,17,19-21,23,26,29,31-37,39,41-63H2,1-3H3/b11-8-,18-16-,24-22-,27-25-,30-28-,40-38-. The van der Waals surface area contributed by atoms with E-state index in [2.05, 4.69) is 93.7 Å². The van der Waals surface area contributed by atoms with E-state index in [-0.39, 0.29) is 31.1 Å². The Morgan fingerprint density at radius 3 is 0.849 bits per heavy atom. The molecule has 0 saturated heterocycles. The molecule has 0 bridgehead atoms. The molecule has 0 N–H and O–H groups in total.